The summed E-state index contributed by atoms with van der Waals surface area (Å²) >= 11 is 0. The topological polar surface area (TPSA) is 93.7 Å². The molecule has 7 nitrogen and oxygen atoms in total. The number of carbonyl (C=O) groups is 1. The highest BCUT2D eigenvalue weighted by atomic mass is 32.2. The lowest BCUT2D eigenvalue weighted by molar-refractivity contribution is -0.118. The number of ether oxygens (including phenoxy) is 2. The first-order valence-corrected chi connectivity index (χ1v) is 11.9. The number of anilines is 1. The molecule has 2 N–H and O–H groups in total. The van der Waals surface area contributed by atoms with E-state index in [2.05, 4.69) is 30.8 Å². The van der Waals surface area contributed by atoms with Crippen LogP contribution in [0.5, 0.6) is 5.75 Å². The Bertz CT molecular complexity index is 991. The fraction of sp³-hybridized carbons (Fsp3) is 0.435. The second-order valence-electron chi connectivity index (χ2n) is 8.59. The average Bonchev–Trinajstić information content (AvgIpc) is 3.25. The van der Waals surface area contributed by atoms with Gasteiger partial charge in [0, 0.05) is 18.8 Å². The van der Waals surface area contributed by atoms with Crippen LogP contribution in [-0.4, -0.2) is 40.2 Å². The molecule has 0 radical (unpaired) electrons. The third kappa shape index (κ3) is 6.53. The van der Waals surface area contributed by atoms with Crippen molar-refractivity contribution in [1.82, 2.24) is 4.72 Å². The smallest absolute Gasteiger partial charge is 0.262 e. The molecule has 1 heterocycles. The molecule has 1 atom stereocenters. The van der Waals surface area contributed by atoms with Gasteiger partial charge in [-0.1, -0.05) is 39.0 Å². The number of sulfonamides is 1. The summed E-state index contributed by atoms with van der Waals surface area (Å²) in [6.07, 6.45) is 1.74. The monoisotopic (exact) mass is 446 g/mol. The van der Waals surface area contributed by atoms with E-state index in [0.717, 1.165) is 18.4 Å². The molecule has 1 amide bonds. The van der Waals surface area contributed by atoms with Gasteiger partial charge in [-0.05, 0) is 54.2 Å². The summed E-state index contributed by atoms with van der Waals surface area (Å²) in [5, 5.41) is 2.73. The molecule has 1 unspecified atom stereocenters. The van der Waals surface area contributed by atoms with E-state index in [1.165, 1.54) is 12.1 Å². The third-order valence-corrected chi connectivity index (χ3v) is 6.47. The van der Waals surface area contributed by atoms with Crippen LogP contribution >= 0.6 is 0 Å². The van der Waals surface area contributed by atoms with Crippen LogP contribution in [0.4, 0.5) is 5.69 Å². The summed E-state index contributed by atoms with van der Waals surface area (Å²) in [5.41, 5.74) is 1.41. The van der Waals surface area contributed by atoms with Gasteiger partial charge in [0.1, 0.15) is 5.75 Å². The van der Waals surface area contributed by atoms with E-state index in [1.807, 2.05) is 24.3 Å². The Morgan fingerprint density at radius 1 is 1.13 bits per heavy atom. The van der Waals surface area contributed by atoms with Crippen molar-refractivity contribution in [2.75, 3.05) is 25.1 Å². The van der Waals surface area contributed by atoms with E-state index in [0.29, 0.717) is 18.0 Å². The highest BCUT2D eigenvalue weighted by Gasteiger charge is 2.21. The van der Waals surface area contributed by atoms with Crippen LogP contribution < -0.4 is 14.8 Å². The van der Waals surface area contributed by atoms with E-state index >= 15 is 0 Å². The summed E-state index contributed by atoms with van der Waals surface area (Å²) < 4.78 is 38.6. The molecule has 2 aromatic rings. The van der Waals surface area contributed by atoms with Gasteiger partial charge in [0.25, 0.3) is 5.91 Å². The molecule has 1 aliphatic heterocycles. The molecule has 0 bridgehead atoms. The van der Waals surface area contributed by atoms with Crippen molar-refractivity contribution in [3.05, 3.63) is 54.1 Å². The maximum absolute atomic E-state index is 12.4. The molecule has 1 saturated heterocycles. The van der Waals surface area contributed by atoms with Gasteiger partial charge in [-0.25, -0.2) is 13.1 Å². The lowest BCUT2D eigenvalue weighted by Gasteiger charge is -2.22. The van der Waals surface area contributed by atoms with E-state index in [-0.39, 0.29) is 35.5 Å². The molecule has 31 heavy (non-hydrogen) atoms. The summed E-state index contributed by atoms with van der Waals surface area (Å²) in [4.78, 5) is 12.4. The van der Waals surface area contributed by atoms with E-state index in [9.17, 15) is 13.2 Å². The van der Waals surface area contributed by atoms with Crippen LogP contribution in [-0.2, 0) is 25.0 Å². The van der Waals surface area contributed by atoms with E-state index in [1.54, 1.807) is 12.1 Å². The Morgan fingerprint density at radius 3 is 2.48 bits per heavy atom. The van der Waals surface area contributed by atoms with Crippen LogP contribution in [0.15, 0.2) is 53.4 Å². The zero-order valence-electron chi connectivity index (χ0n) is 18.2. The third-order valence-electron chi connectivity index (χ3n) is 5.03. The Kier molecular flexibility index (Phi) is 7.35. The van der Waals surface area contributed by atoms with Gasteiger partial charge >= 0.3 is 0 Å². The zero-order chi connectivity index (χ0) is 22.5. The summed E-state index contributed by atoms with van der Waals surface area (Å²) in [5.74, 6) is 0.347. The predicted octanol–water partition coefficient (Wildman–Crippen LogP) is 3.46. The minimum atomic E-state index is -3.63. The molecule has 0 aliphatic carbocycles. The highest BCUT2D eigenvalue weighted by Crippen LogP contribution is 2.30. The van der Waals surface area contributed by atoms with E-state index in [4.69, 9.17) is 9.47 Å². The minimum absolute atomic E-state index is 0.0725. The van der Waals surface area contributed by atoms with Crippen molar-refractivity contribution < 1.29 is 22.7 Å². The molecule has 3 rings (SSSR count). The molecular formula is C23H30N2O5S. The quantitative estimate of drug-likeness (QED) is 0.648. The molecule has 0 spiro atoms. The first-order valence-electron chi connectivity index (χ1n) is 10.4. The maximum Gasteiger partial charge on any atom is 0.262 e. The molecule has 1 fully saturated rings. The van der Waals surface area contributed by atoms with Crippen molar-refractivity contribution in [2.45, 2.75) is 50.0 Å². The predicted molar refractivity (Wildman–Crippen MR) is 120 cm³/mol. The molecular weight excluding hydrogens is 416 g/mol. The second-order valence-corrected chi connectivity index (χ2v) is 10.4. The average molecular weight is 447 g/mol. The Balaban J connectivity index is 1.54. The first kappa shape index (κ1) is 23.2. The Hall–Kier alpha value is -2.42. The number of para-hydroxylation sites is 1. The Labute approximate surface area is 184 Å². The molecule has 0 aromatic heterocycles. The fourth-order valence-electron chi connectivity index (χ4n) is 3.36. The summed E-state index contributed by atoms with van der Waals surface area (Å²) in [7, 11) is -3.63. The highest BCUT2D eigenvalue weighted by molar-refractivity contribution is 7.89. The van der Waals surface area contributed by atoms with Gasteiger partial charge in [0.05, 0.1) is 11.0 Å². The van der Waals surface area contributed by atoms with Crippen LogP contribution in [0.25, 0.3) is 0 Å². The van der Waals surface area contributed by atoms with Gasteiger partial charge in [-0.15, -0.1) is 0 Å². The van der Waals surface area contributed by atoms with Crippen molar-refractivity contribution in [3.8, 4) is 5.75 Å². The number of benzene rings is 2. The summed E-state index contributed by atoms with van der Waals surface area (Å²) in [6.45, 7) is 7.04. The lowest BCUT2D eigenvalue weighted by Crippen LogP contribution is -2.31. The van der Waals surface area contributed by atoms with Crippen LogP contribution in [0.3, 0.4) is 0 Å². The number of rotatable bonds is 8. The van der Waals surface area contributed by atoms with Crippen molar-refractivity contribution in [3.63, 3.8) is 0 Å². The number of amides is 1. The van der Waals surface area contributed by atoms with Gasteiger partial charge in [-0.3, -0.25) is 4.79 Å². The number of nitrogens with one attached hydrogen (secondary N) is 2. The number of carbonyl (C=O) groups excluding carboxylic acids is 1. The Morgan fingerprint density at radius 2 is 1.84 bits per heavy atom. The van der Waals surface area contributed by atoms with Gasteiger partial charge in [-0.2, -0.15) is 0 Å². The maximum atomic E-state index is 12.4. The van der Waals surface area contributed by atoms with Gasteiger partial charge in [0.2, 0.25) is 10.0 Å². The normalized spacial score (nSPS) is 16.8. The van der Waals surface area contributed by atoms with Gasteiger partial charge in [0.15, 0.2) is 6.61 Å². The standard InChI is InChI=1S/C23H30N2O5S/c1-23(2,3)20-8-4-5-9-21(20)30-16-22(26)25-17-10-12-19(13-11-17)31(27,28)24-15-18-7-6-14-29-18/h4-5,8-13,18,24H,6-7,14-16H2,1-3H3,(H,25,26). The van der Waals surface area contributed by atoms with Gasteiger partial charge < -0.3 is 14.8 Å². The lowest BCUT2D eigenvalue weighted by atomic mass is 9.86. The number of hydrogen-bond donors (Lipinski definition) is 2. The minimum Gasteiger partial charge on any atom is -0.483 e. The van der Waals surface area contributed by atoms with Crippen LogP contribution in [0.1, 0.15) is 39.2 Å². The van der Waals surface area contributed by atoms with E-state index < -0.39 is 10.0 Å². The zero-order valence-corrected chi connectivity index (χ0v) is 19.0. The van der Waals surface area contributed by atoms with Crippen LogP contribution in [0, 0.1) is 0 Å². The molecule has 1 aliphatic rings. The van der Waals surface area contributed by atoms with Crippen molar-refractivity contribution in [1.29, 1.82) is 0 Å². The largest absolute Gasteiger partial charge is 0.483 e. The number of hydrogen-bond acceptors (Lipinski definition) is 5. The SMILES string of the molecule is CC(C)(C)c1ccccc1OCC(=O)Nc1ccc(S(=O)(=O)NCC2CCCO2)cc1. The molecule has 0 saturated carbocycles. The first-order chi connectivity index (χ1) is 14.6. The second kappa shape index (κ2) is 9.80. The van der Waals surface area contributed by atoms with Crippen molar-refractivity contribution >= 4 is 21.6 Å². The molecule has 8 heteroatoms. The fourth-order valence-corrected chi connectivity index (χ4v) is 4.43. The summed E-state index contributed by atoms with van der Waals surface area (Å²) in [6, 6.07) is 13.7. The van der Waals surface area contributed by atoms with Crippen LogP contribution in [0.2, 0.25) is 0 Å². The molecule has 168 valence electrons. The van der Waals surface area contributed by atoms with Crippen molar-refractivity contribution in [2.24, 2.45) is 0 Å². The molecule has 2 aromatic carbocycles.